The molecule has 3 heteroatoms. The fourth-order valence-corrected chi connectivity index (χ4v) is 0.0742. The van der Waals surface area contributed by atoms with Gasteiger partial charge >= 0.3 is 0 Å². The van der Waals surface area contributed by atoms with E-state index in [0.29, 0.717) is 0 Å². The van der Waals surface area contributed by atoms with Crippen LogP contribution in [0.15, 0.2) is 5.16 Å². The first-order valence-electron chi connectivity index (χ1n) is 1.34. The van der Waals surface area contributed by atoms with Crippen molar-refractivity contribution in [3.63, 3.8) is 0 Å². The van der Waals surface area contributed by atoms with E-state index in [-0.39, 0.29) is 0 Å². The second kappa shape index (κ2) is 4.14. The molecule has 0 aliphatic rings. The van der Waals surface area contributed by atoms with E-state index >= 15 is 0 Å². The van der Waals surface area contributed by atoms with Crippen molar-refractivity contribution in [1.82, 2.24) is 0 Å². The van der Waals surface area contributed by atoms with Gasteiger partial charge in [0.15, 0.2) is 0 Å². The molecule has 0 aromatic carbocycles. The molecule has 0 saturated heterocycles. The van der Waals surface area contributed by atoms with Gasteiger partial charge in [-0.15, -0.1) is 0 Å². The molecule has 0 fully saturated rings. The second-order valence-corrected chi connectivity index (χ2v) is 0.535. The van der Waals surface area contributed by atoms with Gasteiger partial charge in [0.2, 0.25) is 6.29 Å². The van der Waals surface area contributed by atoms with Crippen molar-refractivity contribution < 1.29 is 9.63 Å². The van der Waals surface area contributed by atoms with E-state index in [1.54, 1.807) is 0 Å². The molecule has 0 aromatic heterocycles. The zero-order valence-electron chi connectivity index (χ0n) is 3.34. The third-order valence-electron chi connectivity index (χ3n) is 0.211. The van der Waals surface area contributed by atoms with Crippen molar-refractivity contribution in [1.29, 1.82) is 0 Å². The molecule has 0 atom stereocenters. The topological polar surface area (TPSA) is 38.7 Å². The summed E-state index contributed by atoms with van der Waals surface area (Å²) >= 11 is 0. The van der Waals surface area contributed by atoms with E-state index in [2.05, 4.69) is 9.99 Å². The Morgan fingerprint density at radius 2 is 2.67 bits per heavy atom. The molecule has 0 aliphatic carbocycles. The van der Waals surface area contributed by atoms with Gasteiger partial charge in [-0.3, -0.25) is 4.79 Å². The van der Waals surface area contributed by atoms with Crippen molar-refractivity contribution in [2.75, 3.05) is 7.11 Å². The van der Waals surface area contributed by atoms with Gasteiger partial charge in [-0.2, -0.15) is 0 Å². The summed E-state index contributed by atoms with van der Waals surface area (Å²) < 4.78 is 0. The summed E-state index contributed by atoms with van der Waals surface area (Å²) in [6.07, 6.45) is 2.30. The normalized spacial score (nSPS) is 8.83. The summed E-state index contributed by atoms with van der Waals surface area (Å²) in [5.41, 5.74) is 0. The number of hydrogen-bond acceptors (Lipinski definition) is 3. The van der Waals surface area contributed by atoms with Gasteiger partial charge in [0.05, 0.1) is 0 Å². The van der Waals surface area contributed by atoms with Gasteiger partial charge in [0, 0.05) is 0 Å². The van der Waals surface area contributed by atoms with E-state index in [0.717, 1.165) is 6.21 Å². The van der Waals surface area contributed by atoms with Gasteiger partial charge in [-0.25, -0.2) is 0 Å². The predicted molar refractivity (Wildman–Crippen MR) is 21.2 cm³/mol. The SMILES string of the molecule is CO/N=C/[C]=O. The molecule has 0 bridgehead atoms. The summed E-state index contributed by atoms with van der Waals surface area (Å²) in [4.78, 5) is 13.3. The van der Waals surface area contributed by atoms with E-state index in [4.69, 9.17) is 0 Å². The van der Waals surface area contributed by atoms with Crippen LogP contribution in [0.1, 0.15) is 0 Å². The summed E-state index contributed by atoms with van der Waals surface area (Å²) in [6, 6.07) is 0. The van der Waals surface area contributed by atoms with Crippen LogP contribution >= 0.6 is 0 Å². The Morgan fingerprint density at radius 1 is 2.00 bits per heavy atom. The van der Waals surface area contributed by atoms with Crippen LogP contribution in [0.5, 0.6) is 0 Å². The number of rotatable bonds is 2. The lowest BCUT2D eigenvalue weighted by Gasteiger charge is -1.74. The summed E-state index contributed by atoms with van der Waals surface area (Å²) in [7, 11) is 1.36. The standard InChI is InChI=1S/C3H4NO2/c1-6-4-2-3-5/h2H,1H3/b4-2+. The van der Waals surface area contributed by atoms with Gasteiger partial charge in [-0.1, -0.05) is 5.16 Å². The van der Waals surface area contributed by atoms with Crippen LogP contribution in [0.2, 0.25) is 0 Å². The molecule has 6 heavy (non-hydrogen) atoms. The van der Waals surface area contributed by atoms with Crippen LogP contribution in [0.3, 0.4) is 0 Å². The lowest BCUT2D eigenvalue weighted by atomic mass is 10.9. The van der Waals surface area contributed by atoms with Gasteiger partial charge in [0.1, 0.15) is 13.3 Å². The van der Waals surface area contributed by atoms with Crippen molar-refractivity contribution in [3.8, 4) is 0 Å². The second-order valence-electron chi connectivity index (χ2n) is 0.535. The molecule has 0 spiro atoms. The molecule has 3 nitrogen and oxygen atoms in total. The number of oxime groups is 1. The Kier molecular flexibility index (Phi) is 3.55. The van der Waals surface area contributed by atoms with Gasteiger partial charge < -0.3 is 4.84 Å². The Labute approximate surface area is 35.6 Å². The predicted octanol–water partition coefficient (Wildman–Crippen LogP) is -0.272. The van der Waals surface area contributed by atoms with E-state index in [9.17, 15) is 4.79 Å². The highest BCUT2D eigenvalue weighted by atomic mass is 16.6. The first-order chi connectivity index (χ1) is 2.91. The lowest BCUT2D eigenvalue weighted by Crippen LogP contribution is -1.72. The first kappa shape index (κ1) is 5.14. The monoisotopic (exact) mass is 86.0 g/mol. The van der Waals surface area contributed by atoms with Crippen molar-refractivity contribution in [2.24, 2.45) is 5.16 Å². The molecular formula is C3H4NO2. The van der Waals surface area contributed by atoms with Crippen LogP contribution in [0, 0.1) is 0 Å². The Morgan fingerprint density at radius 3 is 2.83 bits per heavy atom. The minimum Gasteiger partial charge on any atom is -0.399 e. The molecule has 0 heterocycles. The maximum Gasteiger partial charge on any atom is 0.248 e. The summed E-state index contributed by atoms with van der Waals surface area (Å²) in [5.74, 6) is 0. The molecule has 33 valence electrons. The number of carbonyl (C=O) groups excluding carboxylic acids is 1. The first-order valence-corrected chi connectivity index (χ1v) is 1.34. The maximum absolute atomic E-state index is 9.21. The average Bonchev–Trinajstić information content (AvgIpc) is 1.61. The molecule has 0 N–H and O–H groups in total. The molecular weight excluding hydrogens is 82.0 g/mol. The maximum atomic E-state index is 9.21. The van der Waals surface area contributed by atoms with Crippen molar-refractivity contribution >= 4 is 12.5 Å². The highest BCUT2D eigenvalue weighted by Crippen LogP contribution is 1.56. The molecule has 0 unspecified atom stereocenters. The summed E-state index contributed by atoms with van der Waals surface area (Å²) in [5, 5.41) is 3.04. The fraction of sp³-hybridized carbons (Fsp3) is 0.333. The van der Waals surface area contributed by atoms with Crippen LogP contribution in [0.4, 0.5) is 0 Å². The Balaban J connectivity index is 2.94. The average molecular weight is 86.1 g/mol. The van der Waals surface area contributed by atoms with E-state index in [1.807, 2.05) is 0 Å². The van der Waals surface area contributed by atoms with E-state index in [1.165, 1.54) is 13.4 Å². The number of hydrogen-bond donors (Lipinski definition) is 0. The third-order valence-corrected chi connectivity index (χ3v) is 0.211. The highest BCUT2D eigenvalue weighted by Gasteiger charge is 1.59. The molecule has 0 aliphatic heterocycles. The molecule has 0 aromatic rings. The molecule has 0 amide bonds. The zero-order valence-corrected chi connectivity index (χ0v) is 3.34. The Bertz CT molecular complexity index is 59.8. The Hall–Kier alpha value is -0.860. The highest BCUT2D eigenvalue weighted by molar-refractivity contribution is 6.13. The van der Waals surface area contributed by atoms with Gasteiger partial charge in [0.25, 0.3) is 0 Å². The number of nitrogens with zero attached hydrogens (tertiary/aromatic N) is 1. The molecule has 0 saturated carbocycles. The molecule has 1 radical (unpaired) electrons. The van der Waals surface area contributed by atoms with Gasteiger partial charge in [-0.05, 0) is 0 Å². The third kappa shape index (κ3) is 3.14. The van der Waals surface area contributed by atoms with Crippen LogP contribution in [-0.2, 0) is 9.63 Å². The van der Waals surface area contributed by atoms with E-state index < -0.39 is 0 Å². The fourth-order valence-electron chi connectivity index (χ4n) is 0.0742. The van der Waals surface area contributed by atoms with Crippen molar-refractivity contribution in [3.05, 3.63) is 0 Å². The smallest absolute Gasteiger partial charge is 0.248 e. The quantitative estimate of drug-likeness (QED) is 0.342. The zero-order chi connectivity index (χ0) is 4.83. The minimum atomic E-state index is 0.903. The lowest BCUT2D eigenvalue weighted by molar-refractivity contribution is 0.216. The summed E-state index contributed by atoms with van der Waals surface area (Å²) in [6.45, 7) is 0. The van der Waals surface area contributed by atoms with Crippen molar-refractivity contribution in [2.45, 2.75) is 0 Å². The minimum absolute atomic E-state index is 0.903. The van der Waals surface area contributed by atoms with Crippen LogP contribution in [-0.4, -0.2) is 19.6 Å². The molecule has 0 rings (SSSR count). The largest absolute Gasteiger partial charge is 0.399 e. The van der Waals surface area contributed by atoms with Crippen LogP contribution < -0.4 is 0 Å². The van der Waals surface area contributed by atoms with Crippen LogP contribution in [0.25, 0.3) is 0 Å².